The van der Waals surface area contributed by atoms with Gasteiger partial charge in [-0.25, -0.2) is 4.98 Å². The highest BCUT2D eigenvalue weighted by atomic mass is 15.0. The minimum atomic E-state index is 0.796. The molecule has 0 aliphatic heterocycles. The van der Waals surface area contributed by atoms with Gasteiger partial charge in [-0.3, -0.25) is 4.40 Å². The minimum absolute atomic E-state index is 0.796. The third-order valence-electron chi connectivity index (χ3n) is 3.94. The van der Waals surface area contributed by atoms with Crippen LogP contribution in [0.15, 0.2) is 30.3 Å². The van der Waals surface area contributed by atoms with Crippen molar-refractivity contribution >= 4 is 11.3 Å². The number of pyridine rings is 1. The molecule has 1 aromatic carbocycles. The Morgan fingerprint density at radius 1 is 0.950 bits per heavy atom. The number of hydrogen-bond acceptors (Lipinski definition) is 2. The summed E-state index contributed by atoms with van der Waals surface area (Å²) in [6.45, 7) is 8.37. The summed E-state index contributed by atoms with van der Waals surface area (Å²) in [7, 11) is 0. The van der Waals surface area contributed by atoms with Crippen molar-refractivity contribution in [3.05, 3.63) is 52.8 Å². The Morgan fingerprint density at radius 2 is 1.70 bits per heavy atom. The summed E-state index contributed by atoms with van der Waals surface area (Å²) in [5.41, 5.74) is 14.7. The molecule has 2 heterocycles. The number of hydrogen-bond donors (Lipinski definition) is 1. The monoisotopic (exact) mass is 265 g/mol. The van der Waals surface area contributed by atoms with Crippen LogP contribution in [0.4, 0.5) is 5.69 Å². The van der Waals surface area contributed by atoms with Crippen molar-refractivity contribution in [3.63, 3.8) is 0 Å². The van der Waals surface area contributed by atoms with Crippen molar-refractivity contribution in [2.45, 2.75) is 27.7 Å². The molecular formula is C17H19N3. The molecular weight excluding hydrogens is 246 g/mol. The summed E-state index contributed by atoms with van der Waals surface area (Å²) in [6, 6.07) is 10.4. The summed E-state index contributed by atoms with van der Waals surface area (Å²) < 4.78 is 2.13. The number of imidazole rings is 1. The summed E-state index contributed by atoms with van der Waals surface area (Å²) >= 11 is 0. The van der Waals surface area contributed by atoms with Gasteiger partial charge in [0.05, 0.1) is 11.4 Å². The highest BCUT2D eigenvalue weighted by Crippen LogP contribution is 2.29. The molecule has 0 spiro atoms. The van der Waals surface area contributed by atoms with E-state index in [1.54, 1.807) is 0 Å². The first-order valence-electron chi connectivity index (χ1n) is 6.81. The maximum absolute atomic E-state index is 6.00. The number of anilines is 1. The molecule has 3 heteroatoms. The Bertz CT molecular complexity index is 813. The van der Waals surface area contributed by atoms with Gasteiger partial charge < -0.3 is 5.73 Å². The summed E-state index contributed by atoms with van der Waals surface area (Å²) in [4.78, 5) is 4.78. The van der Waals surface area contributed by atoms with Crippen LogP contribution < -0.4 is 5.73 Å². The molecule has 0 bridgehead atoms. The van der Waals surface area contributed by atoms with E-state index in [-0.39, 0.29) is 0 Å². The number of nitrogens with two attached hydrogens (primary N) is 1. The van der Waals surface area contributed by atoms with Crippen molar-refractivity contribution in [3.8, 4) is 11.3 Å². The second kappa shape index (κ2) is 4.37. The lowest BCUT2D eigenvalue weighted by Crippen LogP contribution is -1.99. The van der Waals surface area contributed by atoms with Gasteiger partial charge in [-0.05, 0) is 45.4 Å². The third-order valence-corrected chi connectivity index (χ3v) is 3.94. The molecule has 0 saturated carbocycles. The average Bonchev–Trinajstić information content (AvgIpc) is 2.72. The van der Waals surface area contributed by atoms with Crippen molar-refractivity contribution in [1.82, 2.24) is 9.38 Å². The van der Waals surface area contributed by atoms with E-state index in [1.807, 2.05) is 19.1 Å². The maximum Gasteiger partial charge on any atom is 0.138 e. The first-order chi connectivity index (χ1) is 9.49. The molecule has 0 aliphatic carbocycles. The SMILES string of the molecule is Cc1ccc(-c2nc3ccc(N)c(C)n3c2C)c(C)c1. The van der Waals surface area contributed by atoms with Crippen LogP contribution in [0.25, 0.3) is 16.9 Å². The molecule has 3 aromatic rings. The summed E-state index contributed by atoms with van der Waals surface area (Å²) in [6.07, 6.45) is 0. The summed E-state index contributed by atoms with van der Waals surface area (Å²) in [5, 5.41) is 0. The molecule has 3 rings (SSSR count). The van der Waals surface area contributed by atoms with Gasteiger partial charge in [-0.2, -0.15) is 0 Å². The number of aromatic nitrogens is 2. The topological polar surface area (TPSA) is 43.3 Å². The molecule has 0 unspecified atom stereocenters. The predicted octanol–water partition coefficient (Wildman–Crippen LogP) is 3.82. The molecule has 2 N–H and O–H groups in total. The quantitative estimate of drug-likeness (QED) is 0.727. The number of nitrogens with zero attached hydrogens (tertiary/aromatic N) is 2. The molecule has 0 radical (unpaired) electrons. The van der Waals surface area contributed by atoms with Crippen LogP contribution in [-0.4, -0.2) is 9.38 Å². The van der Waals surface area contributed by atoms with E-state index in [4.69, 9.17) is 10.7 Å². The van der Waals surface area contributed by atoms with E-state index >= 15 is 0 Å². The zero-order chi connectivity index (χ0) is 14.4. The third kappa shape index (κ3) is 1.78. The number of fused-ring (bicyclic) bond motifs is 1. The molecule has 0 atom stereocenters. The van der Waals surface area contributed by atoms with Gasteiger partial charge in [0, 0.05) is 17.0 Å². The molecule has 0 amide bonds. The summed E-state index contributed by atoms with van der Waals surface area (Å²) in [5.74, 6) is 0. The zero-order valence-electron chi connectivity index (χ0n) is 12.4. The minimum Gasteiger partial charge on any atom is -0.397 e. The van der Waals surface area contributed by atoms with Gasteiger partial charge in [0.1, 0.15) is 5.65 Å². The van der Waals surface area contributed by atoms with Crippen LogP contribution in [0, 0.1) is 27.7 Å². The lowest BCUT2D eigenvalue weighted by molar-refractivity contribution is 1.04. The Hall–Kier alpha value is -2.29. The van der Waals surface area contributed by atoms with Crippen molar-refractivity contribution in [2.24, 2.45) is 0 Å². The zero-order valence-corrected chi connectivity index (χ0v) is 12.4. The fourth-order valence-corrected chi connectivity index (χ4v) is 2.81. The van der Waals surface area contributed by atoms with E-state index in [0.29, 0.717) is 0 Å². The van der Waals surface area contributed by atoms with Crippen LogP contribution >= 0.6 is 0 Å². The largest absolute Gasteiger partial charge is 0.397 e. The van der Waals surface area contributed by atoms with Crippen molar-refractivity contribution in [1.29, 1.82) is 0 Å². The second-order valence-electron chi connectivity index (χ2n) is 5.43. The average molecular weight is 265 g/mol. The molecule has 102 valence electrons. The number of aryl methyl sites for hydroxylation is 4. The normalized spacial score (nSPS) is 11.2. The Balaban J connectivity index is 2.32. The highest BCUT2D eigenvalue weighted by molar-refractivity contribution is 5.71. The number of rotatable bonds is 1. The van der Waals surface area contributed by atoms with Crippen molar-refractivity contribution in [2.75, 3.05) is 5.73 Å². The molecule has 2 aromatic heterocycles. The van der Waals surface area contributed by atoms with E-state index in [0.717, 1.165) is 28.4 Å². The van der Waals surface area contributed by atoms with Crippen LogP contribution in [0.2, 0.25) is 0 Å². The Morgan fingerprint density at radius 3 is 2.40 bits per heavy atom. The first kappa shape index (κ1) is 12.7. The van der Waals surface area contributed by atoms with E-state index in [1.165, 1.54) is 16.7 Å². The van der Waals surface area contributed by atoms with Gasteiger partial charge in [-0.1, -0.05) is 23.8 Å². The maximum atomic E-state index is 6.00. The van der Waals surface area contributed by atoms with Gasteiger partial charge in [0.15, 0.2) is 0 Å². The van der Waals surface area contributed by atoms with Gasteiger partial charge >= 0.3 is 0 Å². The van der Waals surface area contributed by atoms with E-state index in [9.17, 15) is 0 Å². The van der Waals surface area contributed by atoms with Gasteiger partial charge in [-0.15, -0.1) is 0 Å². The van der Waals surface area contributed by atoms with E-state index in [2.05, 4.69) is 43.4 Å². The molecule has 0 fully saturated rings. The number of nitrogen functional groups attached to an aromatic ring is 1. The number of benzene rings is 1. The lowest BCUT2D eigenvalue weighted by atomic mass is 10.0. The molecule has 0 aliphatic rings. The fraction of sp³-hybridized carbons (Fsp3) is 0.235. The van der Waals surface area contributed by atoms with Crippen LogP contribution in [-0.2, 0) is 0 Å². The Kier molecular flexibility index (Phi) is 2.78. The van der Waals surface area contributed by atoms with E-state index < -0.39 is 0 Å². The predicted molar refractivity (Wildman–Crippen MR) is 84.0 cm³/mol. The fourth-order valence-electron chi connectivity index (χ4n) is 2.81. The second-order valence-corrected chi connectivity index (χ2v) is 5.43. The van der Waals surface area contributed by atoms with Crippen LogP contribution in [0.1, 0.15) is 22.5 Å². The first-order valence-corrected chi connectivity index (χ1v) is 6.81. The van der Waals surface area contributed by atoms with Crippen LogP contribution in [0.3, 0.4) is 0 Å². The molecule has 20 heavy (non-hydrogen) atoms. The molecule has 3 nitrogen and oxygen atoms in total. The highest BCUT2D eigenvalue weighted by Gasteiger charge is 2.14. The Labute approximate surface area is 119 Å². The molecule has 0 saturated heterocycles. The van der Waals surface area contributed by atoms with Gasteiger partial charge in [0.25, 0.3) is 0 Å². The standard InChI is InChI=1S/C17H19N3/c1-10-5-6-14(11(2)9-10)17-13(4)20-12(3)15(18)7-8-16(20)19-17/h5-9H,18H2,1-4H3. The van der Waals surface area contributed by atoms with Crippen LogP contribution in [0.5, 0.6) is 0 Å². The van der Waals surface area contributed by atoms with Gasteiger partial charge in [0.2, 0.25) is 0 Å². The lowest BCUT2D eigenvalue weighted by Gasteiger charge is -2.07. The van der Waals surface area contributed by atoms with Crippen molar-refractivity contribution < 1.29 is 0 Å². The smallest absolute Gasteiger partial charge is 0.138 e.